The van der Waals surface area contributed by atoms with Crippen molar-refractivity contribution in [2.75, 3.05) is 71.1 Å². The van der Waals surface area contributed by atoms with Crippen LogP contribution < -0.4 is 10.2 Å². The number of halogens is 3. The molecular weight excluding hydrogens is 493 g/mol. The van der Waals surface area contributed by atoms with Crippen LogP contribution in [0, 0.1) is 11.6 Å². The van der Waals surface area contributed by atoms with Crippen LogP contribution in [0.15, 0.2) is 23.2 Å². The summed E-state index contributed by atoms with van der Waals surface area (Å²) in [5, 5.41) is 3.32. The molecule has 0 aromatic heterocycles. The van der Waals surface area contributed by atoms with Crippen molar-refractivity contribution in [1.29, 1.82) is 0 Å². The van der Waals surface area contributed by atoms with Gasteiger partial charge in [0.25, 0.3) is 0 Å². The van der Waals surface area contributed by atoms with E-state index in [4.69, 9.17) is 14.5 Å². The third-order valence-electron chi connectivity index (χ3n) is 4.55. The van der Waals surface area contributed by atoms with E-state index in [9.17, 15) is 8.78 Å². The van der Waals surface area contributed by atoms with Crippen LogP contribution in [0.4, 0.5) is 14.5 Å². The van der Waals surface area contributed by atoms with E-state index in [-0.39, 0.29) is 29.8 Å². The number of rotatable bonds is 10. The molecule has 0 spiro atoms. The predicted octanol–water partition coefficient (Wildman–Crippen LogP) is 3.11. The summed E-state index contributed by atoms with van der Waals surface area (Å²) < 4.78 is 37.8. The van der Waals surface area contributed by atoms with E-state index >= 15 is 0 Å². The van der Waals surface area contributed by atoms with Crippen molar-refractivity contribution >= 4 is 35.6 Å². The van der Waals surface area contributed by atoms with Crippen LogP contribution in [0.25, 0.3) is 0 Å². The van der Waals surface area contributed by atoms with E-state index < -0.39 is 5.82 Å². The number of guanidine groups is 1. The molecule has 1 heterocycles. The molecule has 9 heteroatoms. The molecule has 0 bridgehead atoms. The van der Waals surface area contributed by atoms with Gasteiger partial charge in [-0.25, -0.2) is 8.78 Å². The van der Waals surface area contributed by atoms with Gasteiger partial charge in [0, 0.05) is 59.1 Å². The van der Waals surface area contributed by atoms with Crippen LogP contribution in [-0.4, -0.2) is 77.1 Å². The summed E-state index contributed by atoms with van der Waals surface area (Å²) in [6.07, 6.45) is 1.91. The molecule has 29 heavy (non-hydrogen) atoms. The number of aliphatic imine (C=N–C) groups is 1. The maximum atomic E-state index is 14.0. The zero-order valence-corrected chi connectivity index (χ0v) is 19.7. The summed E-state index contributed by atoms with van der Waals surface area (Å²) in [6.45, 7) is 8.18. The van der Waals surface area contributed by atoms with Gasteiger partial charge in [0.15, 0.2) is 5.96 Å². The Labute approximate surface area is 189 Å². The fourth-order valence-electron chi connectivity index (χ4n) is 3.06. The molecule has 0 radical (unpaired) electrons. The lowest BCUT2D eigenvalue weighted by molar-refractivity contribution is 0.0690. The summed E-state index contributed by atoms with van der Waals surface area (Å²) in [5.41, 5.74) is 0.329. The van der Waals surface area contributed by atoms with E-state index in [2.05, 4.69) is 10.2 Å². The second kappa shape index (κ2) is 14.7. The first-order chi connectivity index (χ1) is 13.7. The van der Waals surface area contributed by atoms with Crippen molar-refractivity contribution in [1.82, 2.24) is 10.2 Å². The van der Waals surface area contributed by atoms with Gasteiger partial charge in [0.2, 0.25) is 0 Å². The van der Waals surface area contributed by atoms with Gasteiger partial charge in [-0.3, -0.25) is 4.99 Å². The Kier molecular flexibility index (Phi) is 13.1. The molecule has 1 saturated heterocycles. The molecular formula is C20H33F2IN4O2. The van der Waals surface area contributed by atoms with Crippen molar-refractivity contribution in [3.05, 3.63) is 29.8 Å². The predicted molar refractivity (Wildman–Crippen MR) is 123 cm³/mol. The molecule has 1 aliphatic rings. The van der Waals surface area contributed by atoms with Gasteiger partial charge in [-0.1, -0.05) is 0 Å². The number of ether oxygens (including phenoxy) is 2. The van der Waals surface area contributed by atoms with E-state index in [1.54, 1.807) is 7.11 Å². The lowest BCUT2D eigenvalue weighted by Gasteiger charge is -2.37. The second-order valence-corrected chi connectivity index (χ2v) is 6.62. The molecule has 6 nitrogen and oxygen atoms in total. The zero-order chi connectivity index (χ0) is 20.2. The Morgan fingerprint density at radius 1 is 1.10 bits per heavy atom. The van der Waals surface area contributed by atoms with Crippen LogP contribution in [0.3, 0.4) is 0 Å². The highest BCUT2D eigenvalue weighted by Gasteiger charge is 2.21. The number of unbranched alkanes of at least 4 members (excludes halogenated alkanes) is 1. The highest BCUT2D eigenvalue weighted by atomic mass is 127. The summed E-state index contributed by atoms with van der Waals surface area (Å²) >= 11 is 0. The molecule has 0 amide bonds. The van der Waals surface area contributed by atoms with Gasteiger partial charge in [-0.2, -0.15) is 0 Å². The molecule has 0 saturated carbocycles. The maximum Gasteiger partial charge on any atom is 0.194 e. The van der Waals surface area contributed by atoms with Gasteiger partial charge < -0.3 is 24.6 Å². The van der Waals surface area contributed by atoms with Crippen LogP contribution in [0.5, 0.6) is 0 Å². The van der Waals surface area contributed by atoms with Crippen molar-refractivity contribution in [2.24, 2.45) is 4.99 Å². The lowest BCUT2D eigenvalue weighted by Crippen LogP contribution is -2.52. The molecule has 1 aliphatic heterocycles. The minimum absolute atomic E-state index is 0. The molecule has 1 aromatic rings. The van der Waals surface area contributed by atoms with Gasteiger partial charge in [0.05, 0.1) is 18.9 Å². The average molecular weight is 526 g/mol. The lowest BCUT2D eigenvalue weighted by atomic mass is 10.2. The number of piperazine rings is 1. The number of anilines is 1. The first-order valence-electron chi connectivity index (χ1n) is 9.95. The number of nitrogens with zero attached hydrogens (tertiary/aromatic N) is 3. The quantitative estimate of drug-likeness (QED) is 0.220. The Morgan fingerprint density at radius 3 is 2.55 bits per heavy atom. The molecule has 1 N–H and O–H groups in total. The van der Waals surface area contributed by atoms with Gasteiger partial charge in [0.1, 0.15) is 11.6 Å². The van der Waals surface area contributed by atoms with Crippen molar-refractivity contribution in [2.45, 2.75) is 19.8 Å². The fraction of sp³-hybridized carbons (Fsp3) is 0.650. The summed E-state index contributed by atoms with van der Waals surface area (Å²) in [4.78, 5) is 8.76. The highest BCUT2D eigenvalue weighted by Crippen LogP contribution is 2.21. The molecule has 1 fully saturated rings. The Morgan fingerprint density at radius 2 is 1.86 bits per heavy atom. The molecule has 0 unspecified atom stereocenters. The monoisotopic (exact) mass is 526 g/mol. The molecule has 0 atom stereocenters. The molecule has 1 aromatic carbocycles. The van der Waals surface area contributed by atoms with E-state index in [1.807, 2.05) is 11.8 Å². The smallest absolute Gasteiger partial charge is 0.194 e. The van der Waals surface area contributed by atoms with E-state index in [1.165, 1.54) is 12.1 Å². The third kappa shape index (κ3) is 9.00. The van der Waals surface area contributed by atoms with Crippen LogP contribution in [0.2, 0.25) is 0 Å². The van der Waals surface area contributed by atoms with Crippen molar-refractivity contribution < 1.29 is 18.3 Å². The summed E-state index contributed by atoms with van der Waals surface area (Å²) in [7, 11) is 1.66. The Hall–Kier alpha value is -1.20. The Balaban J connectivity index is 0.00000420. The van der Waals surface area contributed by atoms with Crippen LogP contribution in [-0.2, 0) is 9.47 Å². The largest absolute Gasteiger partial charge is 0.382 e. The summed E-state index contributed by atoms with van der Waals surface area (Å²) in [6, 6.07) is 3.59. The summed E-state index contributed by atoms with van der Waals surface area (Å²) in [5.74, 6) is 0.0743. The maximum absolute atomic E-state index is 14.0. The number of hydrogen-bond acceptors (Lipinski definition) is 4. The van der Waals surface area contributed by atoms with Crippen molar-refractivity contribution in [3.63, 3.8) is 0 Å². The topological polar surface area (TPSA) is 49.3 Å². The first-order valence-corrected chi connectivity index (χ1v) is 9.95. The number of methoxy groups -OCH3 is 1. The van der Waals surface area contributed by atoms with E-state index in [0.717, 1.165) is 38.0 Å². The van der Waals surface area contributed by atoms with Gasteiger partial charge >= 0.3 is 0 Å². The third-order valence-corrected chi connectivity index (χ3v) is 4.55. The number of benzene rings is 1. The normalized spacial score (nSPS) is 14.7. The molecule has 166 valence electrons. The fourth-order valence-corrected chi connectivity index (χ4v) is 3.06. The second-order valence-electron chi connectivity index (χ2n) is 6.62. The number of hydrogen-bond donors (Lipinski definition) is 1. The molecule has 2 rings (SSSR count). The van der Waals surface area contributed by atoms with E-state index in [0.29, 0.717) is 51.7 Å². The highest BCUT2D eigenvalue weighted by molar-refractivity contribution is 14.0. The van der Waals surface area contributed by atoms with Crippen molar-refractivity contribution in [3.8, 4) is 0 Å². The average Bonchev–Trinajstić information content (AvgIpc) is 2.71. The SMILES string of the molecule is CCNC(=NCCCCOCCOC)N1CCN(c2cc(F)ccc2F)CC1.I. The van der Waals surface area contributed by atoms with Crippen LogP contribution >= 0.6 is 24.0 Å². The first kappa shape index (κ1) is 25.8. The standard InChI is InChI=1S/C20H32F2N4O2.HI/c1-3-23-20(24-8-4-5-13-28-15-14-27-2)26-11-9-25(10-12-26)19-16-17(21)6-7-18(19)22;/h6-7,16H,3-5,8-15H2,1-2H3,(H,23,24);1H. The van der Waals surface area contributed by atoms with Gasteiger partial charge in [-0.15, -0.1) is 24.0 Å². The molecule has 0 aliphatic carbocycles. The van der Waals surface area contributed by atoms with Gasteiger partial charge in [-0.05, 0) is 31.9 Å². The zero-order valence-electron chi connectivity index (χ0n) is 17.3. The number of nitrogens with one attached hydrogen (secondary N) is 1. The Bertz CT molecular complexity index is 614. The minimum Gasteiger partial charge on any atom is -0.382 e. The van der Waals surface area contributed by atoms with Crippen LogP contribution in [0.1, 0.15) is 19.8 Å². The minimum atomic E-state index is -0.417.